The van der Waals surface area contributed by atoms with Gasteiger partial charge in [0, 0.05) is 38.6 Å². The van der Waals surface area contributed by atoms with Crippen LogP contribution in [0, 0.1) is 13.8 Å². The van der Waals surface area contributed by atoms with Gasteiger partial charge in [-0.25, -0.2) is 9.97 Å². The Balaban J connectivity index is 1.31. The van der Waals surface area contributed by atoms with Crippen LogP contribution >= 0.6 is 0 Å². The Hall–Kier alpha value is -7.78. The van der Waals surface area contributed by atoms with Crippen LogP contribution in [0.15, 0.2) is 188 Å². The van der Waals surface area contributed by atoms with Crippen molar-refractivity contribution in [3.63, 3.8) is 0 Å². The number of benzene rings is 8. The predicted octanol–water partition coefficient (Wildman–Crippen LogP) is 16.2. The molecule has 65 heavy (non-hydrogen) atoms. The van der Waals surface area contributed by atoms with E-state index < -0.39 is 23.5 Å². The van der Waals surface area contributed by atoms with Gasteiger partial charge in [0.05, 0.1) is 39.2 Å². The number of nitrogens with zero attached hydrogens (tertiary/aromatic N) is 3. The number of para-hydroxylation sites is 1. The summed E-state index contributed by atoms with van der Waals surface area (Å²) in [4.78, 5) is 10.3. The van der Waals surface area contributed by atoms with Crippen molar-refractivity contribution in [3.8, 4) is 73.0 Å². The summed E-state index contributed by atoms with van der Waals surface area (Å²) in [5, 5.41) is 1.57. The van der Waals surface area contributed by atoms with Crippen LogP contribution in [0.3, 0.4) is 0 Å². The van der Waals surface area contributed by atoms with Crippen LogP contribution < -0.4 is 0 Å². The van der Waals surface area contributed by atoms with Gasteiger partial charge in [0.1, 0.15) is 0 Å². The van der Waals surface area contributed by atoms with Crippen molar-refractivity contribution in [1.82, 2.24) is 14.5 Å². The summed E-state index contributed by atoms with van der Waals surface area (Å²) in [5.74, 6) is 0.377. The van der Waals surface area contributed by atoms with Gasteiger partial charge >= 0.3 is 12.4 Å². The number of halogens is 6. The van der Waals surface area contributed by atoms with Gasteiger partial charge in [-0.1, -0.05) is 133 Å². The number of fused-ring (bicyclic) bond motifs is 3. The maximum absolute atomic E-state index is 14.6. The number of aryl methyl sites for hydroxylation is 2. The van der Waals surface area contributed by atoms with Crippen molar-refractivity contribution in [2.24, 2.45) is 0 Å². The molecule has 0 amide bonds. The molecule has 0 saturated carbocycles. The third-order valence-electron chi connectivity index (χ3n) is 11.7. The molecule has 0 spiro atoms. The molecular formula is C56H37F6N3. The lowest BCUT2D eigenvalue weighted by Gasteiger charge is -2.22. The topological polar surface area (TPSA) is 30.7 Å². The zero-order valence-electron chi connectivity index (χ0n) is 35.0. The summed E-state index contributed by atoms with van der Waals surface area (Å²) >= 11 is 0. The average Bonchev–Trinajstić information content (AvgIpc) is 3.64. The standard InChI is InChI=1S/C56H37F6N3/c1-34-13-11-18-39(25-34)46-31-42(54-63-49(36-14-5-3-6-15-36)33-50(64-54)37-16-7-4-8-17-37)32-47(40-19-12-20-43(28-40)55(57,58)59)53(46)65-51-22-10-9-21-45(51)48-30-38(23-24-52(48)65)41-26-35(2)27-44(29-41)56(60,61)62/h3-33H,1-2H3. The molecule has 0 aliphatic rings. The molecule has 0 aliphatic heterocycles. The molecule has 2 heterocycles. The molecule has 0 atom stereocenters. The van der Waals surface area contributed by atoms with Crippen molar-refractivity contribution >= 4 is 21.8 Å². The first-order valence-electron chi connectivity index (χ1n) is 20.9. The normalized spacial score (nSPS) is 12.0. The Labute approximate surface area is 371 Å². The predicted molar refractivity (Wildman–Crippen MR) is 248 cm³/mol. The van der Waals surface area contributed by atoms with Crippen LogP contribution in [-0.4, -0.2) is 14.5 Å². The van der Waals surface area contributed by atoms with Crippen LogP contribution in [0.1, 0.15) is 22.3 Å². The molecule has 9 heteroatoms. The number of rotatable bonds is 7. The van der Waals surface area contributed by atoms with Crippen molar-refractivity contribution < 1.29 is 26.3 Å². The number of hydrogen-bond acceptors (Lipinski definition) is 2. The van der Waals surface area contributed by atoms with E-state index in [4.69, 9.17) is 9.97 Å². The van der Waals surface area contributed by atoms with Gasteiger partial charge in [0.2, 0.25) is 0 Å². The highest BCUT2D eigenvalue weighted by atomic mass is 19.4. The van der Waals surface area contributed by atoms with E-state index in [1.807, 2.05) is 146 Å². The lowest BCUT2D eigenvalue weighted by Crippen LogP contribution is -2.06. The lowest BCUT2D eigenvalue weighted by molar-refractivity contribution is -0.138. The highest BCUT2D eigenvalue weighted by molar-refractivity contribution is 6.12. The first-order chi connectivity index (χ1) is 31.3. The fourth-order valence-corrected chi connectivity index (χ4v) is 8.72. The number of hydrogen-bond donors (Lipinski definition) is 0. The Morgan fingerprint density at radius 3 is 1.54 bits per heavy atom. The lowest BCUT2D eigenvalue weighted by atomic mass is 9.91. The second-order valence-corrected chi connectivity index (χ2v) is 16.2. The Morgan fingerprint density at radius 2 is 0.908 bits per heavy atom. The number of alkyl halides is 6. The summed E-state index contributed by atoms with van der Waals surface area (Å²) < 4.78 is 88.1. The molecule has 0 radical (unpaired) electrons. The molecule has 10 rings (SSSR count). The molecule has 0 saturated heterocycles. The minimum Gasteiger partial charge on any atom is -0.308 e. The van der Waals surface area contributed by atoms with E-state index in [1.54, 1.807) is 25.1 Å². The van der Waals surface area contributed by atoms with Crippen LogP contribution in [0.25, 0.3) is 94.8 Å². The van der Waals surface area contributed by atoms with E-state index in [1.165, 1.54) is 12.1 Å². The average molecular weight is 866 g/mol. The minimum atomic E-state index is -4.63. The molecule has 0 unspecified atom stereocenters. The van der Waals surface area contributed by atoms with Gasteiger partial charge in [0.15, 0.2) is 5.82 Å². The molecule has 318 valence electrons. The van der Waals surface area contributed by atoms with Gasteiger partial charge < -0.3 is 4.57 Å². The minimum absolute atomic E-state index is 0.315. The van der Waals surface area contributed by atoms with Crippen molar-refractivity contribution in [3.05, 3.63) is 210 Å². The third-order valence-corrected chi connectivity index (χ3v) is 11.7. The SMILES string of the molecule is Cc1cccc(-c2cc(-c3nc(-c4ccccc4)cc(-c4ccccc4)n3)cc(-c3cccc(C(F)(F)F)c3)c2-n2c3ccccc3c3cc(-c4cc(C)cc(C(F)(F)F)c4)ccc32)c1. The van der Waals surface area contributed by atoms with Gasteiger partial charge in [-0.15, -0.1) is 0 Å². The molecule has 0 N–H and O–H groups in total. The molecule has 8 aromatic carbocycles. The van der Waals surface area contributed by atoms with Crippen molar-refractivity contribution in [2.45, 2.75) is 26.2 Å². The summed E-state index contributed by atoms with van der Waals surface area (Å²) in [6.45, 7) is 3.62. The van der Waals surface area contributed by atoms with E-state index >= 15 is 0 Å². The second kappa shape index (κ2) is 16.1. The van der Waals surface area contributed by atoms with Crippen LogP contribution in [0.4, 0.5) is 26.3 Å². The van der Waals surface area contributed by atoms with E-state index in [-0.39, 0.29) is 0 Å². The summed E-state index contributed by atoms with van der Waals surface area (Å²) in [6, 6.07) is 55.8. The monoisotopic (exact) mass is 865 g/mol. The Morgan fingerprint density at radius 1 is 0.369 bits per heavy atom. The second-order valence-electron chi connectivity index (χ2n) is 16.2. The fraction of sp³-hybridized carbons (Fsp3) is 0.0714. The third kappa shape index (κ3) is 7.95. The van der Waals surface area contributed by atoms with Gasteiger partial charge in [-0.2, -0.15) is 26.3 Å². The summed E-state index contributed by atoms with van der Waals surface area (Å²) in [7, 11) is 0. The molecular weight excluding hydrogens is 829 g/mol. The van der Waals surface area contributed by atoms with Crippen LogP contribution in [-0.2, 0) is 12.4 Å². The highest BCUT2D eigenvalue weighted by Crippen LogP contribution is 2.46. The molecule has 10 aromatic rings. The first kappa shape index (κ1) is 41.2. The van der Waals surface area contributed by atoms with Gasteiger partial charge in [0.25, 0.3) is 0 Å². The molecule has 3 nitrogen and oxygen atoms in total. The largest absolute Gasteiger partial charge is 0.416 e. The van der Waals surface area contributed by atoms with Gasteiger partial charge in [-0.3, -0.25) is 0 Å². The van der Waals surface area contributed by atoms with Crippen molar-refractivity contribution in [1.29, 1.82) is 0 Å². The molecule has 0 aliphatic carbocycles. The van der Waals surface area contributed by atoms with Gasteiger partial charge in [-0.05, 0) is 102 Å². The smallest absolute Gasteiger partial charge is 0.308 e. The zero-order valence-corrected chi connectivity index (χ0v) is 35.0. The van der Waals surface area contributed by atoms with E-state index in [0.29, 0.717) is 67.4 Å². The van der Waals surface area contributed by atoms with Crippen molar-refractivity contribution in [2.75, 3.05) is 0 Å². The summed E-state index contributed by atoms with van der Waals surface area (Å²) in [5.41, 5.74) is 8.94. The molecule has 2 aromatic heterocycles. The highest BCUT2D eigenvalue weighted by Gasteiger charge is 2.32. The number of aromatic nitrogens is 3. The van der Waals surface area contributed by atoms with Crippen LogP contribution in [0.5, 0.6) is 0 Å². The maximum Gasteiger partial charge on any atom is 0.416 e. The van der Waals surface area contributed by atoms with Crippen LogP contribution in [0.2, 0.25) is 0 Å². The fourth-order valence-electron chi connectivity index (χ4n) is 8.72. The zero-order chi connectivity index (χ0) is 45.0. The maximum atomic E-state index is 14.6. The Bertz CT molecular complexity index is 3370. The van der Waals surface area contributed by atoms with E-state index in [9.17, 15) is 26.3 Å². The summed E-state index contributed by atoms with van der Waals surface area (Å²) in [6.07, 6.45) is -9.16. The first-order valence-corrected chi connectivity index (χ1v) is 20.9. The molecule has 0 bridgehead atoms. The Kier molecular flexibility index (Phi) is 10.2. The quantitative estimate of drug-likeness (QED) is 0.149. The molecule has 0 fully saturated rings. The van der Waals surface area contributed by atoms with E-state index in [2.05, 4.69) is 4.57 Å². The van der Waals surface area contributed by atoms with E-state index in [0.717, 1.165) is 56.7 Å².